The number of nitrogens with one attached hydrogen (secondary N) is 3. The van der Waals surface area contributed by atoms with Gasteiger partial charge in [0, 0.05) is 9.62 Å². The predicted octanol–water partition coefficient (Wildman–Crippen LogP) is 0.441. The first-order valence-electron chi connectivity index (χ1n) is 8.18. The number of H-pyrrole nitrogens is 1. The lowest BCUT2D eigenvalue weighted by molar-refractivity contribution is -0.152. The maximum Gasteiger partial charge on any atom is 0.249 e. The van der Waals surface area contributed by atoms with Gasteiger partial charge in [0.05, 0.1) is 0 Å². The Morgan fingerprint density at radius 1 is 1.46 bits per heavy atom. The third-order valence-corrected chi connectivity index (χ3v) is 7.25. The van der Waals surface area contributed by atoms with Crippen LogP contribution in [0.3, 0.4) is 0 Å². The quantitative estimate of drug-likeness (QED) is 0.631. The summed E-state index contributed by atoms with van der Waals surface area (Å²) in [5.74, 6) is 0.259. The number of thioether (sulfide) groups is 1. The van der Waals surface area contributed by atoms with Crippen LogP contribution in [0.4, 0.5) is 0 Å². The van der Waals surface area contributed by atoms with E-state index in [-0.39, 0.29) is 28.0 Å². The highest BCUT2D eigenvalue weighted by atomic mass is 32.2. The van der Waals surface area contributed by atoms with Gasteiger partial charge >= 0.3 is 0 Å². The molecule has 2 saturated heterocycles. The summed E-state index contributed by atoms with van der Waals surface area (Å²) in [6.45, 7) is 4.11. The number of amides is 2. The van der Waals surface area contributed by atoms with Crippen molar-refractivity contribution in [2.75, 3.05) is 7.05 Å². The molecule has 4 heterocycles. The van der Waals surface area contributed by atoms with Crippen LogP contribution in [0.1, 0.15) is 36.6 Å². The van der Waals surface area contributed by atoms with Crippen LogP contribution >= 0.6 is 23.1 Å². The number of likely N-dealkylation sites (N-methyl/N-ethyl adjacent to an activating group) is 1. The van der Waals surface area contributed by atoms with Crippen molar-refractivity contribution < 1.29 is 9.59 Å². The summed E-state index contributed by atoms with van der Waals surface area (Å²) in [4.78, 5) is 28.1. The van der Waals surface area contributed by atoms with Crippen LogP contribution < -0.4 is 10.6 Å². The lowest BCUT2D eigenvalue weighted by Crippen LogP contribution is -2.68. The predicted molar refractivity (Wildman–Crippen MR) is 97.3 cm³/mol. The number of nitrogens with zero attached hydrogens (tertiary/aromatic N) is 4. The van der Waals surface area contributed by atoms with Crippen LogP contribution in [0.5, 0.6) is 0 Å². The van der Waals surface area contributed by atoms with Crippen molar-refractivity contribution in [2.24, 2.45) is 0 Å². The van der Waals surface area contributed by atoms with E-state index in [0.29, 0.717) is 5.82 Å². The maximum atomic E-state index is 12.8. The van der Waals surface area contributed by atoms with Crippen LogP contribution in [0.2, 0.25) is 0 Å². The summed E-state index contributed by atoms with van der Waals surface area (Å²) in [5, 5.41) is 21.7. The van der Waals surface area contributed by atoms with Gasteiger partial charge in [0.1, 0.15) is 23.5 Å². The van der Waals surface area contributed by atoms with Gasteiger partial charge in [-0.1, -0.05) is 6.07 Å². The molecule has 3 unspecified atom stereocenters. The molecule has 11 heteroatoms. The summed E-state index contributed by atoms with van der Waals surface area (Å²) in [6.07, 6.45) is 0. The van der Waals surface area contributed by atoms with E-state index in [1.807, 2.05) is 17.5 Å². The fraction of sp³-hybridized carbons (Fsp3) is 0.533. The Kier molecular flexibility index (Phi) is 4.24. The van der Waals surface area contributed by atoms with E-state index < -0.39 is 12.1 Å². The number of β-lactam (4-membered cyclic amide) rings is 1. The van der Waals surface area contributed by atoms with Gasteiger partial charge in [-0.25, -0.2) is 5.10 Å². The molecule has 2 fully saturated rings. The van der Waals surface area contributed by atoms with Crippen LogP contribution in [0.25, 0.3) is 0 Å². The molecular formula is C15H19N7O2S2. The second-order valence-electron chi connectivity index (χ2n) is 6.77. The number of fused-ring (bicyclic) bond motifs is 1. The lowest BCUT2D eigenvalue weighted by atomic mass is 9.95. The number of hydrogen-bond acceptors (Lipinski definition) is 8. The number of carbonyl (C=O) groups is 2. The minimum atomic E-state index is -0.538. The van der Waals surface area contributed by atoms with E-state index in [1.54, 1.807) is 23.7 Å². The molecule has 138 valence electrons. The smallest absolute Gasteiger partial charge is 0.249 e. The minimum Gasteiger partial charge on any atom is -0.340 e. The molecule has 0 aromatic carbocycles. The van der Waals surface area contributed by atoms with Gasteiger partial charge < -0.3 is 15.5 Å². The van der Waals surface area contributed by atoms with Crippen LogP contribution in [0.15, 0.2) is 17.5 Å². The first kappa shape index (κ1) is 17.4. The highest BCUT2D eigenvalue weighted by Crippen LogP contribution is 2.56. The normalized spacial score (nSPS) is 27.7. The molecule has 3 N–H and O–H groups in total. The van der Waals surface area contributed by atoms with Crippen LogP contribution in [-0.4, -0.2) is 60.5 Å². The van der Waals surface area contributed by atoms with Crippen molar-refractivity contribution in [2.45, 2.75) is 42.1 Å². The third kappa shape index (κ3) is 2.61. The minimum absolute atomic E-state index is 0.108. The molecule has 2 aromatic rings. The number of hydrogen-bond donors (Lipinski definition) is 3. The molecule has 0 radical (unpaired) electrons. The summed E-state index contributed by atoms with van der Waals surface area (Å²) in [7, 11) is 1.74. The van der Waals surface area contributed by atoms with Crippen molar-refractivity contribution in [3.63, 3.8) is 0 Å². The zero-order valence-corrected chi connectivity index (χ0v) is 16.1. The molecule has 4 atom stereocenters. The molecule has 2 aliphatic heterocycles. The zero-order chi connectivity index (χ0) is 18.5. The number of aromatic amines is 1. The number of rotatable bonds is 5. The fourth-order valence-electron chi connectivity index (χ4n) is 3.57. The van der Waals surface area contributed by atoms with Crippen LogP contribution in [0, 0.1) is 0 Å². The van der Waals surface area contributed by atoms with Gasteiger partial charge in [-0.2, -0.15) is 0 Å². The molecule has 4 rings (SSSR count). The molecule has 0 bridgehead atoms. The monoisotopic (exact) mass is 393 g/mol. The van der Waals surface area contributed by atoms with E-state index in [4.69, 9.17) is 0 Å². The molecule has 2 aliphatic rings. The summed E-state index contributed by atoms with van der Waals surface area (Å²) < 4.78 is -0.267. The first-order valence-corrected chi connectivity index (χ1v) is 9.94. The average Bonchev–Trinajstić information content (AvgIpc) is 3.33. The SMILES string of the molecule is CNC(C(=O)NC1C(=O)N2C(c3nnn[nH]3)C(C)(C)S[C@@H]12)c1cccs1. The molecule has 9 nitrogen and oxygen atoms in total. The Morgan fingerprint density at radius 2 is 2.27 bits per heavy atom. The van der Waals surface area contributed by atoms with Crippen molar-refractivity contribution >= 4 is 34.9 Å². The second-order valence-corrected chi connectivity index (χ2v) is 9.52. The van der Waals surface area contributed by atoms with Gasteiger partial charge in [0.2, 0.25) is 11.8 Å². The number of aromatic nitrogens is 4. The van der Waals surface area contributed by atoms with E-state index in [0.717, 1.165) is 4.88 Å². The number of carbonyl (C=O) groups excluding carboxylic acids is 2. The maximum absolute atomic E-state index is 12.8. The zero-order valence-electron chi connectivity index (χ0n) is 14.5. The van der Waals surface area contributed by atoms with E-state index in [1.165, 1.54) is 11.3 Å². The fourth-order valence-corrected chi connectivity index (χ4v) is 6.04. The van der Waals surface area contributed by atoms with Crippen molar-refractivity contribution in [3.8, 4) is 0 Å². The highest BCUT2D eigenvalue weighted by Gasteiger charge is 2.63. The van der Waals surface area contributed by atoms with Crippen molar-refractivity contribution in [1.29, 1.82) is 0 Å². The van der Waals surface area contributed by atoms with Crippen molar-refractivity contribution in [3.05, 3.63) is 28.2 Å². The van der Waals surface area contributed by atoms with Gasteiger partial charge in [-0.15, -0.1) is 28.2 Å². The number of thiophene rings is 1. The lowest BCUT2D eigenvalue weighted by Gasteiger charge is -2.44. The molecule has 2 aromatic heterocycles. The molecular weight excluding hydrogens is 374 g/mol. The van der Waals surface area contributed by atoms with Crippen molar-refractivity contribution in [1.82, 2.24) is 36.2 Å². The Labute approximate surface area is 158 Å². The Hall–Kier alpha value is -1.98. The Balaban J connectivity index is 1.51. The Bertz CT molecular complexity index is 808. The molecule has 0 aliphatic carbocycles. The topological polar surface area (TPSA) is 116 Å². The molecule has 26 heavy (non-hydrogen) atoms. The first-order chi connectivity index (χ1) is 12.4. The Morgan fingerprint density at radius 3 is 2.88 bits per heavy atom. The standard InChI is InChI=1S/C15H19N7O2S2/c1-15(2)10(11-18-20-21-19-11)22-13(24)9(14(22)26-15)17-12(23)8(16-3)7-5-4-6-25-7/h4-6,8-10,14,16H,1-3H3,(H,17,23)(H,18,19,20,21)/t8?,9?,10?,14-/m0/s1. The van der Waals surface area contributed by atoms with E-state index in [9.17, 15) is 9.59 Å². The molecule has 0 spiro atoms. The summed E-state index contributed by atoms with van der Waals surface area (Å²) in [6, 6.07) is 2.56. The molecule has 2 amide bonds. The average molecular weight is 393 g/mol. The number of tetrazole rings is 1. The van der Waals surface area contributed by atoms with Gasteiger partial charge in [0.25, 0.3) is 0 Å². The second kappa shape index (κ2) is 6.32. The van der Waals surface area contributed by atoms with E-state index in [2.05, 4.69) is 45.1 Å². The largest absolute Gasteiger partial charge is 0.340 e. The molecule has 0 saturated carbocycles. The van der Waals surface area contributed by atoms with E-state index >= 15 is 0 Å². The van der Waals surface area contributed by atoms with Crippen LogP contribution in [-0.2, 0) is 9.59 Å². The summed E-state index contributed by atoms with van der Waals surface area (Å²) in [5.41, 5.74) is 0. The van der Waals surface area contributed by atoms with Gasteiger partial charge in [-0.05, 0) is 42.8 Å². The highest BCUT2D eigenvalue weighted by molar-refractivity contribution is 8.01. The van der Waals surface area contributed by atoms with Gasteiger partial charge in [0.15, 0.2) is 5.82 Å². The van der Waals surface area contributed by atoms with Gasteiger partial charge in [-0.3, -0.25) is 9.59 Å². The third-order valence-electron chi connectivity index (χ3n) is 4.74. The summed E-state index contributed by atoms with van der Waals surface area (Å²) >= 11 is 3.16.